The number of aryl methyl sites for hydroxylation is 2. The van der Waals surface area contributed by atoms with Crippen LogP contribution < -0.4 is 20.1 Å². The fourth-order valence-corrected chi connectivity index (χ4v) is 4.37. The van der Waals surface area contributed by atoms with Crippen LogP contribution in [0.15, 0.2) is 36.4 Å². The van der Waals surface area contributed by atoms with Gasteiger partial charge in [0.15, 0.2) is 22.4 Å². The molecule has 2 aromatic heterocycles. The van der Waals surface area contributed by atoms with E-state index in [9.17, 15) is 4.79 Å². The summed E-state index contributed by atoms with van der Waals surface area (Å²) in [7, 11) is 0. The Bertz CT molecular complexity index is 1360. The maximum absolute atomic E-state index is 12.6. The molecule has 2 N–H and O–H groups in total. The zero-order valence-electron chi connectivity index (χ0n) is 17.2. The van der Waals surface area contributed by atoms with Crippen LogP contribution in [0.1, 0.15) is 21.7 Å². The lowest BCUT2D eigenvalue weighted by molar-refractivity contribution is 0.0976. The first-order valence-electron chi connectivity index (χ1n) is 9.80. The molecule has 0 fully saturated rings. The molecule has 32 heavy (non-hydrogen) atoms. The van der Waals surface area contributed by atoms with Gasteiger partial charge in [0.2, 0.25) is 4.96 Å². The minimum atomic E-state index is -0.330. The molecule has 1 aliphatic rings. The summed E-state index contributed by atoms with van der Waals surface area (Å²) in [6.07, 6.45) is 0. The van der Waals surface area contributed by atoms with Crippen molar-refractivity contribution in [3.8, 4) is 22.1 Å². The Morgan fingerprint density at radius 2 is 1.91 bits per heavy atom. The first kappa shape index (κ1) is 20.3. The third-order valence-electron chi connectivity index (χ3n) is 4.90. The summed E-state index contributed by atoms with van der Waals surface area (Å²) in [4.78, 5) is 13.3. The Morgan fingerprint density at radius 1 is 1.09 bits per heavy atom. The van der Waals surface area contributed by atoms with Crippen LogP contribution in [-0.4, -0.2) is 44.0 Å². The van der Waals surface area contributed by atoms with Gasteiger partial charge >= 0.3 is 0 Å². The van der Waals surface area contributed by atoms with E-state index in [4.69, 9.17) is 21.7 Å². The minimum absolute atomic E-state index is 0.204. The lowest BCUT2D eigenvalue weighted by Gasteiger charge is -2.19. The maximum atomic E-state index is 12.6. The van der Waals surface area contributed by atoms with E-state index in [2.05, 4.69) is 25.9 Å². The summed E-state index contributed by atoms with van der Waals surface area (Å²) in [6.45, 7) is 4.78. The fraction of sp³-hybridized carbons (Fsp3) is 0.190. The zero-order valence-corrected chi connectivity index (χ0v) is 18.8. The van der Waals surface area contributed by atoms with Gasteiger partial charge in [-0.05, 0) is 68.0 Å². The van der Waals surface area contributed by atoms with Crippen LogP contribution in [0.2, 0.25) is 0 Å². The molecule has 0 saturated carbocycles. The van der Waals surface area contributed by atoms with E-state index in [0.29, 0.717) is 30.3 Å². The average molecular weight is 467 g/mol. The highest BCUT2D eigenvalue weighted by Gasteiger charge is 2.16. The number of anilines is 1. The number of hydrogen-bond donors (Lipinski definition) is 2. The van der Waals surface area contributed by atoms with Crippen LogP contribution in [0.3, 0.4) is 0 Å². The van der Waals surface area contributed by atoms with E-state index in [0.717, 1.165) is 32.6 Å². The van der Waals surface area contributed by atoms with Crippen molar-refractivity contribution >= 4 is 45.2 Å². The van der Waals surface area contributed by atoms with Crippen LogP contribution in [0, 0.1) is 13.8 Å². The molecular formula is C21H18N6O3S2. The van der Waals surface area contributed by atoms with Crippen LogP contribution in [-0.2, 0) is 0 Å². The van der Waals surface area contributed by atoms with Crippen molar-refractivity contribution in [1.29, 1.82) is 0 Å². The molecule has 11 heteroatoms. The largest absolute Gasteiger partial charge is 0.486 e. The lowest BCUT2D eigenvalue weighted by Crippen LogP contribution is -2.34. The fourth-order valence-electron chi connectivity index (χ4n) is 3.28. The molecule has 0 saturated heterocycles. The molecule has 0 aliphatic carbocycles. The number of fused-ring (bicyclic) bond motifs is 2. The van der Waals surface area contributed by atoms with E-state index < -0.39 is 0 Å². The second-order valence-electron chi connectivity index (χ2n) is 7.15. The highest BCUT2D eigenvalue weighted by atomic mass is 32.1. The van der Waals surface area contributed by atoms with Gasteiger partial charge in [-0.15, -0.1) is 10.2 Å². The molecule has 0 radical (unpaired) electrons. The van der Waals surface area contributed by atoms with Crippen LogP contribution >= 0.6 is 23.6 Å². The molecule has 1 amide bonds. The molecule has 162 valence electrons. The third-order valence-corrected chi connectivity index (χ3v) is 6.05. The van der Waals surface area contributed by atoms with Crippen molar-refractivity contribution in [3.05, 3.63) is 53.3 Å². The molecule has 3 heterocycles. The highest BCUT2D eigenvalue weighted by Crippen LogP contribution is 2.31. The van der Waals surface area contributed by atoms with E-state index in [1.165, 1.54) is 11.3 Å². The molecule has 0 unspecified atom stereocenters. The van der Waals surface area contributed by atoms with Crippen molar-refractivity contribution in [2.45, 2.75) is 13.8 Å². The van der Waals surface area contributed by atoms with Gasteiger partial charge in [-0.2, -0.15) is 9.61 Å². The number of amides is 1. The number of thiocarbonyl (C=S) groups is 1. The van der Waals surface area contributed by atoms with Gasteiger partial charge in [-0.3, -0.25) is 10.1 Å². The van der Waals surface area contributed by atoms with E-state index in [-0.39, 0.29) is 11.0 Å². The molecule has 5 rings (SSSR count). The monoisotopic (exact) mass is 466 g/mol. The van der Waals surface area contributed by atoms with Crippen LogP contribution in [0.5, 0.6) is 11.5 Å². The topological polar surface area (TPSA) is 103 Å². The number of ether oxygens (including phenoxy) is 2. The van der Waals surface area contributed by atoms with Gasteiger partial charge in [-0.25, -0.2) is 0 Å². The second kappa shape index (κ2) is 8.17. The first-order valence-corrected chi connectivity index (χ1v) is 11.0. The predicted molar refractivity (Wildman–Crippen MR) is 125 cm³/mol. The molecular weight excluding hydrogens is 448 g/mol. The quantitative estimate of drug-likeness (QED) is 0.443. The van der Waals surface area contributed by atoms with Gasteiger partial charge in [-0.1, -0.05) is 11.3 Å². The van der Waals surface area contributed by atoms with Crippen molar-refractivity contribution < 1.29 is 14.3 Å². The Hall–Kier alpha value is -3.57. The molecule has 2 aromatic carbocycles. The highest BCUT2D eigenvalue weighted by molar-refractivity contribution is 7.80. The maximum Gasteiger partial charge on any atom is 0.257 e. The van der Waals surface area contributed by atoms with Gasteiger partial charge in [0, 0.05) is 16.8 Å². The van der Waals surface area contributed by atoms with Crippen molar-refractivity contribution in [2.75, 3.05) is 18.5 Å². The number of carbonyl (C=O) groups excluding carboxylic acids is 1. The summed E-state index contributed by atoms with van der Waals surface area (Å²) >= 11 is 6.81. The Kier molecular flexibility index (Phi) is 5.19. The van der Waals surface area contributed by atoms with Crippen LogP contribution in [0.25, 0.3) is 15.5 Å². The predicted octanol–water partition coefficient (Wildman–Crippen LogP) is 3.37. The SMILES string of the molecule is Cc1cc(-c2nn3c(C)nnc3s2)ccc1NC(=S)NC(=O)c1ccc2c(c1)OCCO2. The van der Waals surface area contributed by atoms with Crippen LogP contribution in [0.4, 0.5) is 5.69 Å². The van der Waals surface area contributed by atoms with E-state index >= 15 is 0 Å². The number of hydrogen-bond acceptors (Lipinski definition) is 8. The van der Waals surface area contributed by atoms with E-state index in [1.807, 2.05) is 32.0 Å². The van der Waals surface area contributed by atoms with Gasteiger partial charge < -0.3 is 14.8 Å². The number of benzene rings is 2. The summed E-state index contributed by atoms with van der Waals surface area (Å²) in [6, 6.07) is 10.9. The molecule has 0 bridgehead atoms. The number of nitrogens with zero attached hydrogens (tertiary/aromatic N) is 4. The van der Waals surface area contributed by atoms with Crippen molar-refractivity contribution in [3.63, 3.8) is 0 Å². The Balaban J connectivity index is 1.27. The molecule has 0 spiro atoms. The minimum Gasteiger partial charge on any atom is -0.486 e. The van der Waals surface area contributed by atoms with Gasteiger partial charge in [0.05, 0.1) is 0 Å². The molecule has 0 atom stereocenters. The standard InChI is InChI=1S/C21H18N6O3S2/c1-11-9-14(19-26-27-12(2)24-25-21(27)32-19)3-5-15(11)22-20(31)23-18(28)13-4-6-16-17(10-13)30-8-7-29-16/h3-6,9-10H,7-8H2,1-2H3,(H2,22,23,28,31). The first-order chi connectivity index (χ1) is 15.5. The Morgan fingerprint density at radius 3 is 2.69 bits per heavy atom. The van der Waals surface area contributed by atoms with Crippen molar-refractivity contribution in [2.24, 2.45) is 0 Å². The van der Waals surface area contributed by atoms with Crippen molar-refractivity contribution in [1.82, 2.24) is 25.1 Å². The normalized spacial score (nSPS) is 12.6. The molecule has 4 aromatic rings. The lowest BCUT2D eigenvalue weighted by atomic mass is 10.1. The summed E-state index contributed by atoms with van der Waals surface area (Å²) in [5, 5.41) is 19.5. The zero-order chi connectivity index (χ0) is 22.2. The summed E-state index contributed by atoms with van der Waals surface area (Å²) < 4.78 is 12.7. The average Bonchev–Trinajstić information content (AvgIpc) is 3.37. The Labute approximate surface area is 192 Å². The number of aromatic nitrogens is 4. The smallest absolute Gasteiger partial charge is 0.257 e. The number of nitrogens with one attached hydrogen (secondary N) is 2. The third kappa shape index (κ3) is 3.87. The molecule has 9 nitrogen and oxygen atoms in total. The van der Waals surface area contributed by atoms with E-state index in [1.54, 1.807) is 22.7 Å². The summed E-state index contributed by atoms with van der Waals surface area (Å²) in [5.41, 5.74) is 3.15. The molecule has 1 aliphatic heterocycles. The van der Waals surface area contributed by atoms with Gasteiger partial charge in [0.25, 0.3) is 5.91 Å². The number of carbonyl (C=O) groups is 1. The number of rotatable bonds is 3. The van der Waals surface area contributed by atoms with Gasteiger partial charge in [0.1, 0.15) is 18.2 Å². The summed E-state index contributed by atoms with van der Waals surface area (Å²) in [5.74, 6) is 1.60. The second-order valence-corrected chi connectivity index (χ2v) is 8.51.